The standard InChI is InChI=1S/C15H20ClNO4/c16-14-13(5-8-21-14)15(18)17(9-11-3-1-6-19-11)10-12-4-2-7-20-12/h5,8,11-12H,1-4,6-7,9-10H2. The van der Waals surface area contributed by atoms with E-state index in [4.69, 9.17) is 25.5 Å². The van der Waals surface area contributed by atoms with Crippen LogP contribution in [0.2, 0.25) is 5.22 Å². The molecule has 21 heavy (non-hydrogen) atoms. The van der Waals surface area contributed by atoms with Crippen LogP contribution in [0.15, 0.2) is 16.7 Å². The zero-order valence-electron chi connectivity index (χ0n) is 11.9. The zero-order chi connectivity index (χ0) is 14.7. The van der Waals surface area contributed by atoms with Crippen molar-refractivity contribution in [2.45, 2.75) is 37.9 Å². The lowest BCUT2D eigenvalue weighted by Gasteiger charge is -2.27. The van der Waals surface area contributed by atoms with Crippen LogP contribution in [0.4, 0.5) is 0 Å². The van der Waals surface area contributed by atoms with Gasteiger partial charge in [-0.25, -0.2) is 0 Å². The number of amides is 1. The van der Waals surface area contributed by atoms with Crippen LogP contribution in [0.3, 0.4) is 0 Å². The molecule has 5 nitrogen and oxygen atoms in total. The number of ether oxygens (including phenoxy) is 2. The Labute approximate surface area is 129 Å². The molecule has 2 atom stereocenters. The largest absolute Gasteiger partial charge is 0.452 e. The first-order chi connectivity index (χ1) is 10.2. The van der Waals surface area contributed by atoms with Gasteiger partial charge in [0, 0.05) is 26.3 Å². The number of rotatable bonds is 5. The Balaban J connectivity index is 1.70. The highest BCUT2D eigenvalue weighted by Crippen LogP contribution is 2.22. The van der Waals surface area contributed by atoms with E-state index in [-0.39, 0.29) is 23.3 Å². The average molecular weight is 314 g/mol. The molecule has 3 heterocycles. The lowest BCUT2D eigenvalue weighted by atomic mass is 10.1. The maximum absolute atomic E-state index is 12.7. The first-order valence-electron chi connectivity index (χ1n) is 7.49. The summed E-state index contributed by atoms with van der Waals surface area (Å²) in [6.45, 7) is 2.72. The molecule has 0 spiro atoms. The first-order valence-corrected chi connectivity index (χ1v) is 7.87. The molecule has 0 aliphatic carbocycles. The van der Waals surface area contributed by atoms with Gasteiger partial charge in [0.1, 0.15) is 0 Å². The molecule has 2 unspecified atom stereocenters. The quantitative estimate of drug-likeness (QED) is 0.838. The van der Waals surface area contributed by atoms with Crippen molar-refractivity contribution in [2.75, 3.05) is 26.3 Å². The summed E-state index contributed by atoms with van der Waals surface area (Å²) in [5.41, 5.74) is 0.410. The maximum atomic E-state index is 12.7. The van der Waals surface area contributed by atoms with E-state index in [1.807, 2.05) is 0 Å². The van der Waals surface area contributed by atoms with Gasteiger partial charge in [-0.2, -0.15) is 0 Å². The van der Waals surface area contributed by atoms with Gasteiger partial charge in [0.05, 0.1) is 24.0 Å². The Bertz CT molecular complexity index is 460. The van der Waals surface area contributed by atoms with Gasteiger partial charge in [0.15, 0.2) is 0 Å². The molecule has 0 N–H and O–H groups in total. The lowest BCUT2D eigenvalue weighted by Crippen LogP contribution is -2.41. The summed E-state index contributed by atoms with van der Waals surface area (Å²) in [4.78, 5) is 14.5. The van der Waals surface area contributed by atoms with Crippen molar-refractivity contribution >= 4 is 17.5 Å². The predicted octanol–water partition coefficient (Wildman–Crippen LogP) is 2.73. The third kappa shape index (κ3) is 3.59. The lowest BCUT2D eigenvalue weighted by molar-refractivity contribution is 0.0307. The number of halogens is 1. The van der Waals surface area contributed by atoms with Gasteiger partial charge in [0.2, 0.25) is 5.22 Å². The van der Waals surface area contributed by atoms with E-state index in [2.05, 4.69) is 0 Å². The smallest absolute Gasteiger partial charge is 0.258 e. The van der Waals surface area contributed by atoms with Gasteiger partial charge in [-0.3, -0.25) is 4.79 Å². The fraction of sp³-hybridized carbons (Fsp3) is 0.667. The third-order valence-corrected chi connectivity index (χ3v) is 4.32. The summed E-state index contributed by atoms with van der Waals surface area (Å²) < 4.78 is 16.3. The van der Waals surface area contributed by atoms with Gasteiger partial charge in [0.25, 0.3) is 5.91 Å². The zero-order valence-corrected chi connectivity index (χ0v) is 12.7. The van der Waals surface area contributed by atoms with E-state index in [0.717, 1.165) is 38.9 Å². The summed E-state index contributed by atoms with van der Waals surface area (Å²) >= 11 is 5.94. The van der Waals surface area contributed by atoms with Crippen LogP contribution in [-0.4, -0.2) is 49.3 Å². The first kappa shape index (κ1) is 14.9. The van der Waals surface area contributed by atoms with Crippen molar-refractivity contribution in [3.8, 4) is 0 Å². The molecule has 0 radical (unpaired) electrons. The van der Waals surface area contributed by atoms with Crippen molar-refractivity contribution in [3.05, 3.63) is 23.1 Å². The topological polar surface area (TPSA) is 51.9 Å². The Morgan fingerprint density at radius 1 is 1.19 bits per heavy atom. The molecular formula is C15H20ClNO4. The molecule has 3 rings (SSSR count). The van der Waals surface area contributed by atoms with E-state index < -0.39 is 0 Å². The van der Waals surface area contributed by atoms with Crippen molar-refractivity contribution < 1.29 is 18.7 Å². The van der Waals surface area contributed by atoms with Gasteiger partial charge in [-0.05, 0) is 43.4 Å². The van der Waals surface area contributed by atoms with E-state index in [1.54, 1.807) is 11.0 Å². The Hall–Kier alpha value is -1.04. The number of nitrogens with zero attached hydrogens (tertiary/aromatic N) is 1. The molecule has 2 fully saturated rings. The highest BCUT2D eigenvalue weighted by Gasteiger charge is 2.29. The summed E-state index contributed by atoms with van der Waals surface area (Å²) in [5, 5.41) is 0.143. The van der Waals surface area contributed by atoms with Crippen molar-refractivity contribution in [2.24, 2.45) is 0 Å². The van der Waals surface area contributed by atoms with Crippen molar-refractivity contribution in [1.82, 2.24) is 4.90 Å². The van der Waals surface area contributed by atoms with Crippen LogP contribution in [-0.2, 0) is 9.47 Å². The second kappa shape index (κ2) is 6.81. The monoisotopic (exact) mass is 313 g/mol. The third-order valence-electron chi connectivity index (χ3n) is 4.03. The minimum atomic E-state index is -0.111. The van der Waals surface area contributed by atoms with E-state index in [9.17, 15) is 4.79 Å². The van der Waals surface area contributed by atoms with E-state index in [0.29, 0.717) is 18.7 Å². The molecule has 2 saturated heterocycles. The summed E-state index contributed by atoms with van der Waals surface area (Å²) in [6.07, 6.45) is 5.76. The minimum absolute atomic E-state index is 0.111. The Kier molecular flexibility index (Phi) is 4.83. The second-order valence-corrected chi connectivity index (χ2v) is 5.93. The minimum Gasteiger partial charge on any atom is -0.452 e. The van der Waals surface area contributed by atoms with Gasteiger partial charge in [-0.1, -0.05) is 0 Å². The highest BCUT2D eigenvalue weighted by atomic mass is 35.5. The number of hydrogen-bond donors (Lipinski definition) is 0. The number of hydrogen-bond acceptors (Lipinski definition) is 4. The fourth-order valence-corrected chi connectivity index (χ4v) is 3.12. The van der Waals surface area contributed by atoms with Crippen LogP contribution >= 0.6 is 11.6 Å². The van der Waals surface area contributed by atoms with Crippen LogP contribution in [0.25, 0.3) is 0 Å². The highest BCUT2D eigenvalue weighted by molar-refractivity contribution is 6.32. The fourth-order valence-electron chi connectivity index (χ4n) is 2.93. The summed E-state index contributed by atoms with van der Waals surface area (Å²) in [6, 6.07) is 1.61. The molecule has 0 bridgehead atoms. The molecule has 0 saturated carbocycles. The van der Waals surface area contributed by atoms with E-state index >= 15 is 0 Å². The van der Waals surface area contributed by atoms with Crippen molar-refractivity contribution in [1.29, 1.82) is 0 Å². The molecule has 0 aromatic carbocycles. The molecule has 1 aromatic heterocycles. The Morgan fingerprint density at radius 2 is 1.81 bits per heavy atom. The number of furan rings is 1. The van der Waals surface area contributed by atoms with E-state index in [1.165, 1.54) is 6.26 Å². The summed E-state index contributed by atoms with van der Waals surface area (Å²) in [7, 11) is 0. The van der Waals surface area contributed by atoms with Gasteiger partial charge < -0.3 is 18.8 Å². The molecule has 1 amide bonds. The molecule has 2 aliphatic heterocycles. The summed E-state index contributed by atoms with van der Waals surface area (Å²) in [5.74, 6) is -0.111. The van der Waals surface area contributed by atoms with Crippen LogP contribution in [0, 0.1) is 0 Å². The molecular weight excluding hydrogens is 294 g/mol. The second-order valence-electron chi connectivity index (χ2n) is 5.59. The van der Waals surface area contributed by atoms with Gasteiger partial charge >= 0.3 is 0 Å². The van der Waals surface area contributed by atoms with Crippen LogP contribution in [0.1, 0.15) is 36.0 Å². The Morgan fingerprint density at radius 3 is 2.24 bits per heavy atom. The van der Waals surface area contributed by atoms with Gasteiger partial charge in [-0.15, -0.1) is 0 Å². The molecule has 2 aliphatic rings. The normalized spacial score (nSPS) is 25.4. The predicted molar refractivity (Wildman–Crippen MR) is 77.6 cm³/mol. The SMILES string of the molecule is O=C(c1ccoc1Cl)N(CC1CCCO1)CC1CCCO1. The van der Waals surface area contributed by atoms with Crippen molar-refractivity contribution in [3.63, 3.8) is 0 Å². The van der Waals surface area contributed by atoms with Crippen LogP contribution in [0.5, 0.6) is 0 Å². The number of carbonyl (C=O) groups is 1. The molecule has 1 aromatic rings. The molecule has 116 valence electrons. The maximum Gasteiger partial charge on any atom is 0.258 e. The van der Waals surface area contributed by atoms with Crippen LogP contribution < -0.4 is 0 Å². The number of carbonyl (C=O) groups excluding carboxylic acids is 1. The molecule has 6 heteroatoms. The average Bonchev–Trinajstić information content (AvgIpc) is 3.19.